The molecule has 0 amide bonds. The first-order chi connectivity index (χ1) is 9.02. The number of rotatable bonds is 3. The smallest absolute Gasteiger partial charge is 0.133 e. The lowest BCUT2D eigenvalue weighted by Crippen LogP contribution is -1.94. The van der Waals surface area contributed by atoms with Crippen LogP contribution in [-0.2, 0) is 0 Å². The van der Waals surface area contributed by atoms with Crippen molar-refractivity contribution in [1.29, 1.82) is 0 Å². The number of hydrogen-bond donors (Lipinski definition) is 0. The fraction of sp³-hybridized carbons (Fsp3) is 0.143. The molecule has 0 fully saturated rings. The van der Waals surface area contributed by atoms with Gasteiger partial charge in [0.15, 0.2) is 0 Å². The number of ether oxygens (including phenoxy) is 1. The van der Waals surface area contributed by atoms with Crippen LogP contribution in [0.15, 0.2) is 45.3 Å². The van der Waals surface area contributed by atoms with Crippen molar-refractivity contribution in [2.24, 2.45) is 0 Å². The SMILES string of the molecule is COc1ccc(C(Br)c2ccc(Br)c(Cl)c2)cc1Br. The van der Waals surface area contributed by atoms with Gasteiger partial charge in [-0.1, -0.05) is 39.7 Å². The number of benzene rings is 2. The van der Waals surface area contributed by atoms with Crippen molar-refractivity contribution in [2.45, 2.75) is 4.83 Å². The van der Waals surface area contributed by atoms with Crippen molar-refractivity contribution in [3.05, 3.63) is 61.5 Å². The molecule has 0 heterocycles. The van der Waals surface area contributed by atoms with E-state index in [2.05, 4.69) is 47.8 Å². The van der Waals surface area contributed by atoms with Crippen LogP contribution < -0.4 is 4.74 Å². The fourth-order valence-electron chi connectivity index (χ4n) is 1.70. The van der Waals surface area contributed by atoms with Gasteiger partial charge in [-0.3, -0.25) is 0 Å². The Morgan fingerprint density at radius 2 is 1.63 bits per heavy atom. The summed E-state index contributed by atoms with van der Waals surface area (Å²) in [7, 11) is 1.65. The van der Waals surface area contributed by atoms with Crippen molar-refractivity contribution >= 4 is 59.4 Å². The highest BCUT2D eigenvalue weighted by atomic mass is 79.9. The highest BCUT2D eigenvalue weighted by Crippen LogP contribution is 2.37. The average Bonchev–Trinajstić information content (AvgIpc) is 2.41. The van der Waals surface area contributed by atoms with E-state index in [4.69, 9.17) is 16.3 Å². The molecule has 0 saturated carbocycles. The summed E-state index contributed by atoms with van der Waals surface area (Å²) in [6, 6.07) is 11.9. The van der Waals surface area contributed by atoms with E-state index in [1.807, 2.05) is 36.4 Å². The van der Waals surface area contributed by atoms with E-state index in [1.165, 1.54) is 0 Å². The van der Waals surface area contributed by atoms with Crippen LogP contribution in [-0.4, -0.2) is 7.11 Å². The number of halogens is 4. The van der Waals surface area contributed by atoms with Gasteiger partial charge in [0.05, 0.1) is 21.4 Å². The molecular formula is C14H10Br3ClO. The standard InChI is InChI=1S/C14H10Br3ClO/c1-19-13-5-3-8(6-11(13)16)14(17)9-2-4-10(15)12(18)7-9/h2-7,14H,1H3. The molecule has 0 aromatic heterocycles. The minimum absolute atomic E-state index is 0.0836. The van der Waals surface area contributed by atoms with Gasteiger partial charge in [0.2, 0.25) is 0 Å². The Balaban J connectivity index is 2.35. The van der Waals surface area contributed by atoms with Crippen molar-refractivity contribution in [3.63, 3.8) is 0 Å². The lowest BCUT2D eigenvalue weighted by molar-refractivity contribution is 0.412. The molecule has 2 rings (SSSR count). The topological polar surface area (TPSA) is 9.23 Å². The first-order valence-corrected chi connectivity index (χ1v) is 8.33. The van der Waals surface area contributed by atoms with E-state index in [1.54, 1.807) is 7.11 Å². The minimum atomic E-state index is 0.0836. The Bertz CT molecular complexity index is 601. The molecule has 2 aromatic rings. The second kappa shape index (κ2) is 6.61. The van der Waals surface area contributed by atoms with E-state index < -0.39 is 0 Å². The Labute approximate surface area is 142 Å². The monoisotopic (exact) mass is 466 g/mol. The zero-order valence-corrected chi connectivity index (χ0v) is 15.5. The van der Waals surface area contributed by atoms with Crippen molar-refractivity contribution in [1.82, 2.24) is 0 Å². The summed E-state index contributed by atoms with van der Waals surface area (Å²) < 4.78 is 7.06. The molecule has 5 heteroatoms. The van der Waals surface area contributed by atoms with E-state index in [0.717, 1.165) is 25.8 Å². The van der Waals surface area contributed by atoms with Crippen LogP contribution in [0.4, 0.5) is 0 Å². The fourth-order valence-corrected chi connectivity index (χ4v) is 3.27. The maximum Gasteiger partial charge on any atom is 0.133 e. The quantitative estimate of drug-likeness (QED) is 0.476. The van der Waals surface area contributed by atoms with Gasteiger partial charge in [0, 0.05) is 4.47 Å². The molecule has 100 valence electrons. The van der Waals surface area contributed by atoms with Gasteiger partial charge >= 0.3 is 0 Å². The van der Waals surface area contributed by atoms with Gasteiger partial charge < -0.3 is 4.74 Å². The van der Waals surface area contributed by atoms with E-state index in [0.29, 0.717) is 5.02 Å². The largest absolute Gasteiger partial charge is 0.496 e. The molecule has 0 aliphatic rings. The summed E-state index contributed by atoms with van der Waals surface area (Å²) in [5.74, 6) is 0.817. The third-order valence-electron chi connectivity index (χ3n) is 2.70. The first kappa shape index (κ1) is 15.4. The number of alkyl halides is 1. The molecule has 0 aliphatic carbocycles. The molecule has 0 N–H and O–H groups in total. The van der Waals surface area contributed by atoms with Gasteiger partial charge in [0.25, 0.3) is 0 Å². The first-order valence-electron chi connectivity index (χ1n) is 5.45. The summed E-state index contributed by atoms with van der Waals surface area (Å²) in [5, 5.41) is 0.703. The van der Waals surface area contributed by atoms with Crippen LogP contribution in [0.25, 0.3) is 0 Å². The highest BCUT2D eigenvalue weighted by molar-refractivity contribution is 9.11. The zero-order valence-electron chi connectivity index (χ0n) is 9.96. The lowest BCUT2D eigenvalue weighted by Gasteiger charge is -2.13. The van der Waals surface area contributed by atoms with Gasteiger partial charge in [-0.05, 0) is 67.3 Å². The number of methoxy groups -OCH3 is 1. The molecule has 2 aromatic carbocycles. The minimum Gasteiger partial charge on any atom is -0.496 e. The van der Waals surface area contributed by atoms with Gasteiger partial charge in [-0.15, -0.1) is 0 Å². The van der Waals surface area contributed by atoms with Crippen LogP contribution in [0.2, 0.25) is 5.02 Å². The molecule has 0 bridgehead atoms. The molecule has 1 nitrogen and oxygen atoms in total. The second-order valence-electron chi connectivity index (χ2n) is 3.93. The molecule has 19 heavy (non-hydrogen) atoms. The zero-order chi connectivity index (χ0) is 14.0. The summed E-state index contributed by atoms with van der Waals surface area (Å²) in [6.45, 7) is 0. The summed E-state index contributed by atoms with van der Waals surface area (Å²) in [4.78, 5) is 0.0836. The van der Waals surface area contributed by atoms with Crippen molar-refractivity contribution in [3.8, 4) is 5.75 Å². The third-order valence-corrected chi connectivity index (χ3v) is 5.61. The molecular weight excluding hydrogens is 459 g/mol. The van der Waals surface area contributed by atoms with Gasteiger partial charge in [-0.2, -0.15) is 0 Å². The Morgan fingerprint density at radius 1 is 1.00 bits per heavy atom. The molecule has 0 spiro atoms. The predicted molar refractivity (Wildman–Crippen MR) is 90.6 cm³/mol. The normalized spacial score (nSPS) is 12.3. The van der Waals surface area contributed by atoms with Crippen LogP contribution in [0, 0.1) is 0 Å². The van der Waals surface area contributed by atoms with Crippen LogP contribution in [0.1, 0.15) is 16.0 Å². The van der Waals surface area contributed by atoms with Crippen LogP contribution >= 0.6 is 59.4 Å². The van der Waals surface area contributed by atoms with Crippen LogP contribution in [0.3, 0.4) is 0 Å². The molecule has 1 unspecified atom stereocenters. The Morgan fingerprint density at radius 3 is 2.21 bits per heavy atom. The van der Waals surface area contributed by atoms with Gasteiger partial charge in [-0.25, -0.2) is 0 Å². The molecule has 1 atom stereocenters. The third kappa shape index (κ3) is 3.54. The van der Waals surface area contributed by atoms with E-state index in [-0.39, 0.29) is 4.83 Å². The Kier molecular flexibility index (Phi) is 5.35. The lowest BCUT2D eigenvalue weighted by atomic mass is 10.0. The summed E-state index contributed by atoms with van der Waals surface area (Å²) in [6.07, 6.45) is 0. The van der Waals surface area contributed by atoms with Gasteiger partial charge in [0.1, 0.15) is 5.75 Å². The van der Waals surface area contributed by atoms with E-state index >= 15 is 0 Å². The second-order valence-corrected chi connectivity index (χ2v) is 6.96. The summed E-state index contributed by atoms with van der Waals surface area (Å²) in [5.41, 5.74) is 2.23. The van der Waals surface area contributed by atoms with Crippen LogP contribution in [0.5, 0.6) is 5.75 Å². The van der Waals surface area contributed by atoms with E-state index in [9.17, 15) is 0 Å². The maximum atomic E-state index is 6.13. The number of hydrogen-bond acceptors (Lipinski definition) is 1. The van der Waals surface area contributed by atoms with Crippen molar-refractivity contribution < 1.29 is 4.74 Å². The predicted octanol–water partition coefficient (Wildman–Crippen LogP) is 6.36. The maximum absolute atomic E-state index is 6.13. The summed E-state index contributed by atoms with van der Waals surface area (Å²) >= 11 is 16.7. The molecule has 0 saturated heterocycles. The Hall–Kier alpha value is -0.0300. The highest BCUT2D eigenvalue weighted by Gasteiger charge is 2.13. The molecule has 0 aliphatic heterocycles. The molecule has 0 radical (unpaired) electrons. The average molecular weight is 469 g/mol. The van der Waals surface area contributed by atoms with Crippen molar-refractivity contribution in [2.75, 3.05) is 7.11 Å².